The summed E-state index contributed by atoms with van der Waals surface area (Å²) in [5, 5.41) is 8.41. The topological polar surface area (TPSA) is 39.1 Å². The van der Waals surface area contributed by atoms with Crippen LogP contribution >= 0.6 is 0 Å². The van der Waals surface area contributed by atoms with Crippen molar-refractivity contribution in [2.45, 2.75) is 57.6 Å². The summed E-state index contributed by atoms with van der Waals surface area (Å²) >= 11 is 0. The molecule has 1 fully saturated rings. The molecule has 0 atom stereocenters. The van der Waals surface area contributed by atoms with Gasteiger partial charge in [-0.15, -0.1) is 0 Å². The van der Waals surface area contributed by atoms with E-state index < -0.39 is 0 Å². The molecule has 0 radical (unpaired) electrons. The van der Waals surface area contributed by atoms with Gasteiger partial charge in [-0.1, -0.05) is 24.6 Å². The summed E-state index contributed by atoms with van der Waals surface area (Å²) in [4.78, 5) is 0. The van der Waals surface area contributed by atoms with E-state index in [-0.39, 0.29) is 11.5 Å². The summed E-state index contributed by atoms with van der Waals surface area (Å²) in [5.74, 6) is 2.18. The summed E-state index contributed by atoms with van der Waals surface area (Å²) < 4.78 is 8.23. The number of aromatic nitrogens is 2. The number of nitrogens with one attached hydrogen (secondary N) is 1. The molecule has 1 aliphatic heterocycles. The third kappa shape index (κ3) is 2.41. The van der Waals surface area contributed by atoms with Crippen LogP contribution in [0.3, 0.4) is 0 Å². The fourth-order valence-electron chi connectivity index (χ4n) is 3.82. The normalized spacial score (nSPS) is 18.9. The van der Waals surface area contributed by atoms with Crippen LogP contribution in [0, 0.1) is 0 Å². The van der Waals surface area contributed by atoms with Gasteiger partial charge in [-0.2, -0.15) is 5.10 Å². The van der Waals surface area contributed by atoms with Gasteiger partial charge in [0.2, 0.25) is 0 Å². The standard InChI is InChI=1S/C19H25N3O/c1-14(2)23-16-8-4-3-7-15(16)19(9-5-10-19)17-13-18-20-11-6-12-22(18)21-17/h3-4,7-8,13-14,20H,5-6,9-12H2,1-2H3. The molecule has 0 unspecified atom stereocenters. The highest BCUT2D eigenvalue weighted by Crippen LogP contribution is 2.51. The third-order valence-electron chi connectivity index (χ3n) is 5.10. The van der Waals surface area contributed by atoms with E-state index in [1.807, 2.05) is 0 Å². The molecule has 1 saturated carbocycles. The maximum Gasteiger partial charge on any atom is 0.124 e. The third-order valence-corrected chi connectivity index (χ3v) is 5.10. The van der Waals surface area contributed by atoms with Crippen molar-refractivity contribution in [1.29, 1.82) is 0 Å². The van der Waals surface area contributed by atoms with E-state index in [1.165, 1.54) is 23.5 Å². The van der Waals surface area contributed by atoms with Crippen molar-refractivity contribution in [3.63, 3.8) is 0 Å². The van der Waals surface area contributed by atoms with Crippen LogP contribution in [-0.4, -0.2) is 22.4 Å². The van der Waals surface area contributed by atoms with Crippen LogP contribution in [-0.2, 0) is 12.0 Å². The van der Waals surface area contributed by atoms with Gasteiger partial charge in [-0.25, -0.2) is 4.68 Å². The quantitative estimate of drug-likeness (QED) is 0.929. The molecule has 1 aliphatic carbocycles. The molecule has 1 aromatic carbocycles. The number of aryl methyl sites for hydroxylation is 1. The van der Waals surface area contributed by atoms with E-state index >= 15 is 0 Å². The van der Waals surface area contributed by atoms with Crippen molar-refractivity contribution in [2.24, 2.45) is 0 Å². The first-order valence-corrected chi connectivity index (χ1v) is 8.77. The molecule has 23 heavy (non-hydrogen) atoms. The highest BCUT2D eigenvalue weighted by Gasteiger charge is 2.44. The lowest BCUT2D eigenvalue weighted by Gasteiger charge is -2.42. The number of benzene rings is 1. The van der Waals surface area contributed by atoms with Crippen LogP contribution in [0.1, 0.15) is 50.8 Å². The Bertz CT molecular complexity index is 677. The number of rotatable bonds is 4. The highest BCUT2D eigenvalue weighted by atomic mass is 16.5. The van der Waals surface area contributed by atoms with E-state index in [9.17, 15) is 0 Å². The summed E-state index contributed by atoms with van der Waals surface area (Å²) in [6, 6.07) is 10.8. The number of para-hydroxylation sites is 1. The van der Waals surface area contributed by atoms with E-state index in [0.717, 1.165) is 38.1 Å². The molecule has 1 N–H and O–H groups in total. The Morgan fingerprint density at radius 2 is 2.04 bits per heavy atom. The molecular formula is C19H25N3O. The molecule has 2 heterocycles. The summed E-state index contributed by atoms with van der Waals surface area (Å²) in [7, 11) is 0. The first-order valence-electron chi connectivity index (χ1n) is 8.77. The van der Waals surface area contributed by atoms with Crippen molar-refractivity contribution in [2.75, 3.05) is 11.9 Å². The second-order valence-electron chi connectivity index (χ2n) is 7.02. The van der Waals surface area contributed by atoms with E-state index in [2.05, 4.69) is 54.2 Å². The molecule has 122 valence electrons. The lowest BCUT2D eigenvalue weighted by atomic mass is 9.62. The predicted molar refractivity (Wildman–Crippen MR) is 92.2 cm³/mol. The SMILES string of the molecule is CC(C)Oc1ccccc1C1(c2cc3n(n2)CCCN3)CCC1. The van der Waals surface area contributed by atoms with Crippen molar-refractivity contribution in [3.05, 3.63) is 41.6 Å². The van der Waals surface area contributed by atoms with Gasteiger partial charge in [0.25, 0.3) is 0 Å². The lowest BCUT2D eigenvalue weighted by molar-refractivity contribution is 0.222. The number of nitrogens with zero attached hydrogens (tertiary/aromatic N) is 2. The van der Waals surface area contributed by atoms with Crippen LogP contribution < -0.4 is 10.1 Å². The minimum absolute atomic E-state index is 0.0253. The first-order chi connectivity index (χ1) is 11.2. The van der Waals surface area contributed by atoms with Crippen molar-refractivity contribution in [3.8, 4) is 5.75 Å². The monoisotopic (exact) mass is 311 g/mol. The van der Waals surface area contributed by atoms with Gasteiger partial charge >= 0.3 is 0 Å². The molecule has 1 aromatic heterocycles. The van der Waals surface area contributed by atoms with Crippen molar-refractivity contribution >= 4 is 5.82 Å². The summed E-state index contributed by atoms with van der Waals surface area (Å²) in [6.45, 7) is 6.24. The van der Waals surface area contributed by atoms with Crippen LogP contribution in [0.15, 0.2) is 30.3 Å². The number of hydrogen-bond donors (Lipinski definition) is 1. The largest absolute Gasteiger partial charge is 0.491 e. The Hall–Kier alpha value is -1.97. The molecule has 2 aromatic rings. The predicted octanol–water partition coefficient (Wildman–Crippen LogP) is 3.96. The number of fused-ring (bicyclic) bond motifs is 1. The molecule has 0 spiro atoms. The highest BCUT2D eigenvalue weighted by molar-refractivity contribution is 5.50. The average Bonchev–Trinajstić information content (AvgIpc) is 2.91. The smallest absolute Gasteiger partial charge is 0.124 e. The molecule has 4 rings (SSSR count). The van der Waals surface area contributed by atoms with Gasteiger partial charge in [0, 0.05) is 30.1 Å². The number of hydrogen-bond acceptors (Lipinski definition) is 3. The number of anilines is 1. The maximum absolute atomic E-state index is 6.10. The van der Waals surface area contributed by atoms with E-state index in [1.54, 1.807) is 0 Å². The zero-order valence-electron chi connectivity index (χ0n) is 14.0. The van der Waals surface area contributed by atoms with Gasteiger partial charge in [0.15, 0.2) is 0 Å². The lowest BCUT2D eigenvalue weighted by Crippen LogP contribution is -2.36. The van der Waals surface area contributed by atoms with Gasteiger partial charge in [-0.3, -0.25) is 0 Å². The zero-order valence-corrected chi connectivity index (χ0v) is 14.0. The first kappa shape index (κ1) is 14.6. The van der Waals surface area contributed by atoms with Crippen LogP contribution in [0.5, 0.6) is 5.75 Å². The Balaban J connectivity index is 1.77. The molecule has 0 bridgehead atoms. The fraction of sp³-hybridized carbons (Fsp3) is 0.526. The van der Waals surface area contributed by atoms with Gasteiger partial charge in [0.05, 0.1) is 11.8 Å². The molecule has 4 heteroatoms. The van der Waals surface area contributed by atoms with Gasteiger partial charge in [-0.05, 0) is 39.2 Å². The minimum atomic E-state index is 0.0253. The van der Waals surface area contributed by atoms with Gasteiger partial charge in [0.1, 0.15) is 11.6 Å². The zero-order chi connectivity index (χ0) is 15.9. The Labute approximate surface area is 137 Å². The maximum atomic E-state index is 6.10. The van der Waals surface area contributed by atoms with Gasteiger partial charge < -0.3 is 10.1 Å². The average molecular weight is 311 g/mol. The Morgan fingerprint density at radius 1 is 1.22 bits per heavy atom. The Morgan fingerprint density at radius 3 is 2.74 bits per heavy atom. The van der Waals surface area contributed by atoms with Crippen molar-refractivity contribution < 1.29 is 4.74 Å². The fourth-order valence-corrected chi connectivity index (χ4v) is 3.82. The molecule has 0 amide bonds. The molecule has 0 saturated heterocycles. The van der Waals surface area contributed by atoms with Crippen molar-refractivity contribution in [1.82, 2.24) is 9.78 Å². The summed E-state index contributed by atoms with van der Waals surface area (Å²) in [5.41, 5.74) is 2.53. The molecule has 4 nitrogen and oxygen atoms in total. The molecule has 2 aliphatic rings. The second kappa shape index (κ2) is 5.59. The second-order valence-corrected chi connectivity index (χ2v) is 7.02. The van der Waals surface area contributed by atoms with E-state index in [4.69, 9.17) is 9.84 Å². The van der Waals surface area contributed by atoms with Crippen LogP contribution in [0.4, 0.5) is 5.82 Å². The van der Waals surface area contributed by atoms with E-state index in [0.29, 0.717) is 0 Å². The number of ether oxygens (including phenoxy) is 1. The minimum Gasteiger partial charge on any atom is -0.491 e. The molecular weight excluding hydrogens is 286 g/mol. The van der Waals surface area contributed by atoms with Crippen LogP contribution in [0.25, 0.3) is 0 Å². The summed E-state index contributed by atoms with van der Waals surface area (Å²) in [6.07, 6.45) is 4.90. The Kier molecular flexibility index (Phi) is 3.55. The van der Waals surface area contributed by atoms with Crippen LogP contribution in [0.2, 0.25) is 0 Å².